The van der Waals surface area contributed by atoms with Gasteiger partial charge in [-0.25, -0.2) is 4.39 Å². The van der Waals surface area contributed by atoms with Crippen molar-refractivity contribution in [3.63, 3.8) is 0 Å². The van der Waals surface area contributed by atoms with Gasteiger partial charge in [0, 0.05) is 18.7 Å². The van der Waals surface area contributed by atoms with Crippen molar-refractivity contribution in [1.29, 1.82) is 0 Å². The molecule has 2 aromatic rings. The zero-order valence-electron chi connectivity index (χ0n) is 14.5. The summed E-state index contributed by atoms with van der Waals surface area (Å²) in [6, 6.07) is 15.0. The number of carbonyl (C=O) groups excluding carboxylic acids is 1. The minimum Gasteiger partial charge on any atom is -0.383 e. The Bertz CT molecular complexity index is 733. The quantitative estimate of drug-likeness (QED) is 0.932. The number of carbonyl (C=O) groups is 1. The number of hydrogen-bond donors (Lipinski definition) is 1. The number of aliphatic hydroxyl groups is 1. The number of amides is 1. The van der Waals surface area contributed by atoms with Crippen LogP contribution in [0.3, 0.4) is 0 Å². The third-order valence-corrected chi connectivity index (χ3v) is 4.98. The molecule has 2 atom stereocenters. The van der Waals surface area contributed by atoms with Crippen molar-refractivity contribution in [2.45, 2.75) is 18.1 Å². The first-order valence-electron chi connectivity index (χ1n) is 8.41. The Kier molecular flexibility index (Phi) is 4.88. The number of halogens is 1. The molecule has 25 heavy (non-hydrogen) atoms. The van der Waals surface area contributed by atoms with Crippen LogP contribution in [-0.2, 0) is 5.60 Å². The summed E-state index contributed by atoms with van der Waals surface area (Å²) in [5.41, 5.74) is 0.316. The second-order valence-electron chi connectivity index (χ2n) is 6.78. The molecule has 1 aliphatic rings. The molecule has 4 nitrogen and oxygen atoms in total. The van der Waals surface area contributed by atoms with E-state index in [4.69, 9.17) is 0 Å². The van der Waals surface area contributed by atoms with Crippen molar-refractivity contribution in [1.82, 2.24) is 9.80 Å². The highest BCUT2D eigenvalue weighted by atomic mass is 19.1. The summed E-state index contributed by atoms with van der Waals surface area (Å²) in [5, 5.41) is 11.4. The summed E-state index contributed by atoms with van der Waals surface area (Å²) in [5.74, 6) is -0.498. The topological polar surface area (TPSA) is 43.8 Å². The van der Waals surface area contributed by atoms with E-state index in [0.29, 0.717) is 25.1 Å². The van der Waals surface area contributed by atoms with Crippen LogP contribution in [0.15, 0.2) is 54.6 Å². The van der Waals surface area contributed by atoms with E-state index in [-0.39, 0.29) is 17.8 Å². The van der Waals surface area contributed by atoms with Crippen LogP contribution in [0.5, 0.6) is 0 Å². The van der Waals surface area contributed by atoms with E-state index in [2.05, 4.69) is 0 Å². The number of benzene rings is 2. The maximum absolute atomic E-state index is 13.1. The highest BCUT2D eigenvalue weighted by Crippen LogP contribution is 2.35. The molecule has 1 aliphatic heterocycles. The Balaban J connectivity index is 1.84. The molecule has 3 rings (SSSR count). The van der Waals surface area contributed by atoms with Crippen LogP contribution in [0.4, 0.5) is 4.39 Å². The summed E-state index contributed by atoms with van der Waals surface area (Å²) >= 11 is 0. The number of nitrogens with zero attached hydrogens (tertiary/aromatic N) is 2. The molecule has 0 spiro atoms. The molecule has 1 heterocycles. The predicted molar refractivity (Wildman–Crippen MR) is 94.7 cm³/mol. The van der Waals surface area contributed by atoms with E-state index >= 15 is 0 Å². The number of likely N-dealkylation sites (N-methyl/N-ethyl adjacent to an activating group) is 1. The molecular weight excluding hydrogens is 319 g/mol. The molecule has 1 fully saturated rings. The fourth-order valence-electron chi connectivity index (χ4n) is 3.54. The summed E-state index contributed by atoms with van der Waals surface area (Å²) < 4.78 is 13.1. The van der Waals surface area contributed by atoms with Gasteiger partial charge < -0.3 is 14.9 Å². The molecule has 5 heteroatoms. The number of rotatable bonds is 3. The summed E-state index contributed by atoms with van der Waals surface area (Å²) in [6.45, 7) is 0.862. The van der Waals surface area contributed by atoms with Gasteiger partial charge in [0.1, 0.15) is 11.4 Å². The SMILES string of the molecule is CN(C)[C@@H]1CN(C(=O)c2ccc(F)cc2)CC[C@]1(O)c1ccccc1. The monoisotopic (exact) mass is 342 g/mol. The lowest BCUT2D eigenvalue weighted by Gasteiger charge is -2.47. The first-order chi connectivity index (χ1) is 11.9. The van der Waals surface area contributed by atoms with Crippen LogP contribution < -0.4 is 0 Å². The molecular formula is C20H23FN2O2. The Morgan fingerprint density at radius 1 is 1.16 bits per heavy atom. The Morgan fingerprint density at radius 2 is 1.80 bits per heavy atom. The van der Waals surface area contributed by atoms with Gasteiger partial charge >= 0.3 is 0 Å². The minimum absolute atomic E-state index is 0.137. The third-order valence-electron chi connectivity index (χ3n) is 4.98. The zero-order valence-corrected chi connectivity index (χ0v) is 14.5. The molecule has 0 bridgehead atoms. The smallest absolute Gasteiger partial charge is 0.253 e. The minimum atomic E-state index is -1.01. The largest absolute Gasteiger partial charge is 0.383 e. The normalized spacial score (nSPS) is 23.7. The van der Waals surface area contributed by atoms with E-state index in [1.54, 1.807) is 4.90 Å². The molecule has 1 saturated heterocycles. The van der Waals surface area contributed by atoms with Crippen LogP contribution in [0, 0.1) is 5.82 Å². The van der Waals surface area contributed by atoms with Crippen molar-refractivity contribution in [2.24, 2.45) is 0 Å². The molecule has 0 aromatic heterocycles. The van der Waals surface area contributed by atoms with Crippen LogP contribution in [0.2, 0.25) is 0 Å². The van der Waals surface area contributed by atoms with E-state index in [1.807, 2.05) is 49.3 Å². The lowest BCUT2D eigenvalue weighted by molar-refractivity contribution is -0.0810. The Labute approximate surface area is 147 Å². The maximum atomic E-state index is 13.1. The number of hydrogen-bond acceptors (Lipinski definition) is 3. The Morgan fingerprint density at radius 3 is 2.40 bits per heavy atom. The molecule has 0 unspecified atom stereocenters. The molecule has 0 saturated carbocycles. The first-order valence-corrected chi connectivity index (χ1v) is 8.41. The van der Waals surface area contributed by atoms with Gasteiger partial charge in [0.25, 0.3) is 5.91 Å². The molecule has 2 aromatic carbocycles. The maximum Gasteiger partial charge on any atom is 0.253 e. The first kappa shape index (κ1) is 17.6. The van der Waals surface area contributed by atoms with E-state index < -0.39 is 5.60 Å². The van der Waals surface area contributed by atoms with Crippen molar-refractivity contribution in [3.8, 4) is 0 Å². The van der Waals surface area contributed by atoms with Crippen LogP contribution in [0.1, 0.15) is 22.3 Å². The van der Waals surface area contributed by atoms with Gasteiger partial charge in [-0.1, -0.05) is 30.3 Å². The van der Waals surface area contributed by atoms with Gasteiger partial charge in [0.05, 0.1) is 6.04 Å². The molecule has 1 N–H and O–H groups in total. The fraction of sp³-hybridized carbons (Fsp3) is 0.350. The van der Waals surface area contributed by atoms with E-state index in [1.165, 1.54) is 24.3 Å². The van der Waals surface area contributed by atoms with Crippen molar-refractivity contribution < 1.29 is 14.3 Å². The van der Waals surface area contributed by atoms with Crippen molar-refractivity contribution >= 4 is 5.91 Å². The standard InChI is InChI=1S/C20H23FN2O2/c1-22(2)18-14-23(19(24)15-8-10-17(21)11-9-15)13-12-20(18,25)16-6-4-3-5-7-16/h3-11,18,25H,12-14H2,1-2H3/t18-,20+/m1/s1. The average Bonchev–Trinajstić information content (AvgIpc) is 2.62. The summed E-state index contributed by atoms with van der Waals surface area (Å²) in [7, 11) is 3.81. The second kappa shape index (κ2) is 6.94. The van der Waals surface area contributed by atoms with Crippen LogP contribution in [-0.4, -0.2) is 54.0 Å². The summed E-state index contributed by atoms with van der Waals surface area (Å²) in [4.78, 5) is 16.4. The van der Waals surface area contributed by atoms with E-state index in [9.17, 15) is 14.3 Å². The third kappa shape index (κ3) is 3.43. The summed E-state index contributed by atoms with van der Waals surface area (Å²) in [6.07, 6.45) is 0.451. The molecule has 0 aliphatic carbocycles. The van der Waals surface area contributed by atoms with Crippen LogP contribution in [0.25, 0.3) is 0 Å². The Hall–Kier alpha value is -2.24. The molecule has 132 valence electrons. The van der Waals surface area contributed by atoms with Crippen molar-refractivity contribution in [2.75, 3.05) is 27.2 Å². The zero-order chi connectivity index (χ0) is 18.0. The van der Waals surface area contributed by atoms with E-state index in [0.717, 1.165) is 5.56 Å². The van der Waals surface area contributed by atoms with Gasteiger partial charge in [-0.2, -0.15) is 0 Å². The van der Waals surface area contributed by atoms with Gasteiger partial charge in [-0.15, -0.1) is 0 Å². The van der Waals surface area contributed by atoms with Crippen molar-refractivity contribution in [3.05, 3.63) is 71.5 Å². The average molecular weight is 342 g/mol. The highest BCUT2D eigenvalue weighted by Gasteiger charge is 2.45. The molecule has 0 radical (unpaired) electrons. The lowest BCUT2D eigenvalue weighted by Crippen LogP contribution is -2.60. The van der Waals surface area contributed by atoms with Crippen LogP contribution >= 0.6 is 0 Å². The molecule has 1 amide bonds. The highest BCUT2D eigenvalue weighted by molar-refractivity contribution is 5.94. The predicted octanol–water partition coefficient (Wildman–Crippen LogP) is 2.49. The van der Waals surface area contributed by atoms with Gasteiger partial charge in [0.2, 0.25) is 0 Å². The number of likely N-dealkylation sites (tertiary alicyclic amines) is 1. The second-order valence-corrected chi connectivity index (χ2v) is 6.78. The number of piperidine rings is 1. The fourth-order valence-corrected chi connectivity index (χ4v) is 3.54. The lowest BCUT2D eigenvalue weighted by atomic mass is 9.79. The van der Waals surface area contributed by atoms with Gasteiger partial charge in [0.15, 0.2) is 0 Å². The van der Waals surface area contributed by atoms with Gasteiger partial charge in [-0.3, -0.25) is 4.79 Å². The van der Waals surface area contributed by atoms with Gasteiger partial charge in [-0.05, 0) is 50.3 Å².